The van der Waals surface area contributed by atoms with Crippen LogP contribution in [0.3, 0.4) is 0 Å². The third-order valence-corrected chi connectivity index (χ3v) is 3.58. The van der Waals surface area contributed by atoms with Gasteiger partial charge in [-0.05, 0) is 40.8 Å². The lowest BCUT2D eigenvalue weighted by Crippen LogP contribution is -2.12. The molecule has 0 aliphatic rings. The number of halogens is 1. The number of hydrogen-bond donors (Lipinski definition) is 0. The molecule has 0 bridgehead atoms. The minimum atomic E-state index is 0.0966. The van der Waals surface area contributed by atoms with Gasteiger partial charge in [0.2, 0.25) is 0 Å². The molecule has 0 aliphatic carbocycles. The maximum atomic E-state index is 12.2. The van der Waals surface area contributed by atoms with E-state index in [0.29, 0.717) is 17.0 Å². The van der Waals surface area contributed by atoms with Gasteiger partial charge >= 0.3 is 0 Å². The van der Waals surface area contributed by atoms with Crippen molar-refractivity contribution in [3.63, 3.8) is 0 Å². The summed E-state index contributed by atoms with van der Waals surface area (Å²) in [5.41, 5.74) is 3.10. The van der Waals surface area contributed by atoms with Gasteiger partial charge in [0.15, 0.2) is 5.78 Å². The minimum absolute atomic E-state index is 0.0966. The summed E-state index contributed by atoms with van der Waals surface area (Å²) < 4.78 is 0. The molecule has 0 amide bonds. The van der Waals surface area contributed by atoms with E-state index in [4.69, 9.17) is 11.6 Å². The fraction of sp³-hybridized carbons (Fsp3) is 0.278. The minimum Gasteiger partial charge on any atom is -0.294 e. The van der Waals surface area contributed by atoms with Crippen LogP contribution in [0.15, 0.2) is 48.5 Å². The molecule has 20 heavy (non-hydrogen) atoms. The molecule has 0 aliphatic heterocycles. The van der Waals surface area contributed by atoms with Gasteiger partial charge in [0, 0.05) is 17.0 Å². The fourth-order valence-corrected chi connectivity index (χ4v) is 2.20. The summed E-state index contributed by atoms with van der Waals surface area (Å²) in [5.74, 6) is 0.118. The monoisotopic (exact) mass is 286 g/mol. The van der Waals surface area contributed by atoms with Crippen molar-refractivity contribution in [1.82, 2.24) is 0 Å². The highest BCUT2D eigenvalue weighted by molar-refractivity contribution is 6.30. The summed E-state index contributed by atoms with van der Waals surface area (Å²) >= 11 is 5.84. The highest BCUT2D eigenvalue weighted by Crippen LogP contribution is 2.23. The molecule has 0 fully saturated rings. The van der Waals surface area contributed by atoms with Crippen LogP contribution in [0.1, 0.15) is 42.3 Å². The van der Waals surface area contributed by atoms with Crippen molar-refractivity contribution < 1.29 is 4.79 Å². The molecular weight excluding hydrogens is 268 g/mol. The van der Waals surface area contributed by atoms with E-state index < -0.39 is 0 Å². The molecule has 2 aromatic rings. The first-order valence-electron chi connectivity index (χ1n) is 6.74. The average Bonchev–Trinajstić information content (AvgIpc) is 2.38. The summed E-state index contributed by atoms with van der Waals surface area (Å²) in [6.07, 6.45) is 0.422. The van der Waals surface area contributed by atoms with E-state index in [-0.39, 0.29) is 11.2 Å². The van der Waals surface area contributed by atoms with Crippen LogP contribution < -0.4 is 0 Å². The second-order valence-electron chi connectivity index (χ2n) is 6.06. The van der Waals surface area contributed by atoms with Crippen LogP contribution in [0.5, 0.6) is 0 Å². The molecule has 2 heteroatoms. The molecule has 104 valence electrons. The van der Waals surface area contributed by atoms with Gasteiger partial charge in [0.25, 0.3) is 0 Å². The topological polar surface area (TPSA) is 17.1 Å². The quantitative estimate of drug-likeness (QED) is 0.721. The smallest absolute Gasteiger partial charge is 0.167 e. The molecular formula is C18H19ClO. The van der Waals surface area contributed by atoms with Crippen LogP contribution in [0.25, 0.3) is 0 Å². The lowest BCUT2D eigenvalue weighted by Gasteiger charge is -2.19. The summed E-state index contributed by atoms with van der Waals surface area (Å²) in [5, 5.41) is 0.649. The van der Waals surface area contributed by atoms with E-state index in [0.717, 1.165) is 5.56 Å². The Labute approximate surface area is 125 Å². The highest BCUT2D eigenvalue weighted by atomic mass is 35.5. The second kappa shape index (κ2) is 5.80. The van der Waals surface area contributed by atoms with Gasteiger partial charge in [0.1, 0.15) is 0 Å². The van der Waals surface area contributed by atoms with Gasteiger partial charge in [-0.15, -0.1) is 0 Å². The van der Waals surface area contributed by atoms with E-state index >= 15 is 0 Å². The van der Waals surface area contributed by atoms with E-state index in [9.17, 15) is 4.79 Å². The molecule has 0 N–H and O–H groups in total. The van der Waals surface area contributed by atoms with Crippen LogP contribution in [0, 0.1) is 0 Å². The molecule has 2 rings (SSSR count). The summed E-state index contributed by atoms with van der Waals surface area (Å²) in [7, 11) is 0. The van der Waals surface area contributed by atoms with Crippen LogP contribution >= 0.6 is 11.6 Å². The lowest BCUT2D eigenvalue weighted by molar-refractivity contribution is 0.0993. The normalized spacial score (nSPS) is 11.4. The van der Waals surface area contributed by atoms with Gasteiger partial charge in [0.05, 0.1) is 0 Å². The second-order valence-corrected chi connectivity index (χ2v) is 6.49. The Balaban J connectivity index is 2.18. The zero-order valence-electron chi connectivity index (χ0n) is 12.1. The number of rotatable bonds is 3. The van der Waals surface area contributed by atoms with Gasteiger partial charge in [-0.2, -0.15) is 0 Å². The maximum absolute atomic E-state index is 12.2. The maximum Gasteiger partial charge on any atom is 0.167 e. The van der Waals surface area contributed by atoms with Crippen molar-refractivity contribution in [1.29, 1.82) is 0 Å². The van der Waals surface area contributed by atoms with Crippen molar-refractivity contribution in [3.05, 3.63) is 70.2 Å². The first kappa shape index (κ1) is 14.8. The fourth-order valence-electron chi connectivity index (χ4n) is 2.07. The number of Topliss-reactive ketones (excluding diaryl/α,β-unsaturated/α-hetero) is 1. The molecule has 2 aromatic carbocycles. The third-order valence-electron chi connectivity index (χ3n) is 3.32. The molecule has 0 aromatic heterocycles. The predicted octanol–water partition coefficient (Wildman–Crippen LogP) is 5.06. The zero-order valence-corrected chi connectivity index (χ0v) is 12.9. The van der Waals surface area contributed by atoms with Crippen molar-refractivity contribution in [2.75, 3.05) is 0 Å². The van der Waals surface area contributed by atoms with Crippen LogP contribution in [-0.4, -0.2) is 5.78 Å². The molecule has 0 radical (unpaired) electrons. The van der Waals surface area contributed by atoms with Crippen LogP contribution in [0.2, 0.25) is 5.02 Å². The van der Waals surface area contributed by atoms with Gasteiger partial charge in [-0.3, -0.25) is 4.79 Å². The molecule has 0 unspecified atom stereocenters. The number of benzene rings is 2. The average molecular weight is 287 g/mol. The van der Waals surface area contributed by atoms with Crippen molar-refractivity contribution >= 4 is 17.4 Å². The first-order valence-corrected chi connectivity index (χ1v) is 7.12. The molecule has 0 spiro atoms. The molecule has 1 nitrogen and oxygen atoms in total. The number of carbonyl (C=O) groups excluding carboxylic acids is 1. The van der Waals surface area contributed by atoms with E-state index in [1.165, 1.54) is 5.56 Å². The SMILES string of the molecule is CC(C)(C)c1cccc(CC(=O)c2ccc(Cl)cc2)c1. The lowest BCUT2D eigenvalue weighted by atomic mass is 9.85. The van der Waals surface area contributed by atoms with Crippen molar-refractivity contribution in [2.45, 2.75) is 32.6 Å². The number of carbonyl (C=O) groups is 1. The standard InChI is InChI=1S/C18H19ClO/c1-18(2,3)15-6-4-5-13(11-15)12-17(20)14-7-9-16(19)10-8-14/h4-11H,12H2,1-3H3. The van der Waals surface area contributed by atoms with Gasteiger partial charge in [-0.25, -0.2) is 0 Å². The van der Waals surface area contributed by atoms with Crippen LogP contribution in [0.4, 0.5) is 0 Å². The largest absolute Gasteiger partial charge is 0.294 e. The first-order chi connectivity index (χ1) is 9.36. The molecule has 0 saturated heterocycles. The van der Waals surface area contributed by atoms with E-state index in [1.54, 1.807) is 24.3 Å². The molecule has 0 heterocycles. The van der Waals surface area contributed by atoms with E-state index in [2.05, 4.69) is 32.9 Å². The Hall–Kier alpha value is -1.60. The predicted molar refractivity (Wildman–Crippen MR) is 84.6 cm³/mol. The summed E-state index contributed by atoms with van der Waals surface area (Å²) in [6.45, 7) is 6.52. The Morgan fingerprint density at radius 1 is 1.05 bits per heavy atom. The van der Waals surface area contributed by atoms with Crippen molar-refractivity contribution in [2.24, 2.45) is 0 Å². The Kier molecular flexibility index (Phi) is 4.29. The summed E-state index contributed by atoms with van der Waals surface area (Å²) in [6, 6.07) is 15.3. The van der Waals surface area contributed by atoms with Gasteiger partial charge < -0.3 is 0 Å². The third kappa shape index (κ3) is 3.71. The number of ketones is 1. The van der Waals surface area contributed by atoms with Gasteiger partial charge in [-0.1, -0.05) is 56.6 Å². The summed E-state index contributed by atoms with van der Waals surface area (Å²) in [4.78, 5) is 12.2. The number of hydrogen-bond acceptors (Lipinski definition) is 1. The zero-order chi connectivity index (χ0) is 14.8. The highest BCUT2D eigenvalue weighted by Gasteiger charge is 2.14. The molecule has 0 atom stereocenters. The van der Waals surface area contributed by atoms with Crippen LogP contribution in [-0.2, 0) is 11.8 Å². The van der Waals surface area contributed by atoms with E-state index in [1.807, 2.05) is 12.1 Å². The molecule has 0 saturated carbocycles. The Morgan fingerprint density at radius 3 is 2.30 bits per heavy atom. The van der Waals surface area contributed by atoms with Crippen molar-refractivity contribution in [3.8, 4) is 0 Å². The Bertz CT molecular complexity index is 606. The Morgan fingerprint density at radius 2 is 1.70 bits per heavy atom.